The van der Waals surface area contributed by atoms with Crippen LogP contribution in [0.2, 0.25) is 0 Å². The first-order valence-corrected chi connectivity index (χ1v) is 17.6. The van der Waals surface area contributed by atoms with E-state index in [1.54, 1.807) is 0 Å². The molecule has 0 bridgehead atoms. The van der Waals surface area contributed by atoms with Crippen LogP contribution in [0.1, 0.15) is 12.0 Å². The molecular formula is C43H29N2OP. The molecule has 4 heteroatoms. The fourth-order valence-electron chi connectivity index (χ4n) is 7.05. The fraction of sp³-hybridized carbons (Fsp3) is 0.0233. The average molecular weight is 621 g/mol. The number of rotatable bonds is 5. The Morgan fingerprint density at radius 3 is 1.91 bits per heavy atom. The molecule has 2 aliphatic rings. The van der Waals surface area contributed by atoms with E-state index in [-0.39, 0.29) is 0 Å². The molecule has 1 aromatic heterocycles. The summed E-state index contributed by atoms with van der Waals surface area (Å²) in [5.41, 5.74) is 9.78. The Bertz CT molecular complexity index is 2490. The lowest BCUT2D eigenvalue weighted by Crippen LogP contribution is -2.19. The van der Waals surface area contributed by atoms with Crippen LogP contribution in [-0.4, -0.2) is 9.97 Å². The number of hydrogen-bond acceptors (Lipinski definition) is 3. The Morgan fingerprint density at radius 1 is 0.553 bits per heavy atom. The van der Waals surface area contributed by atoms with Crippen molar-refractivity contribution in [2.75, 3.05) is 0 Å². The summed E-state index contributed by atoms with van der Waals surface area (Å²) in [5.74, 6) is 0. The van der Waals surface area contributed by atoms with E-state index in [1.165, 1.54) is 10.8 Å². The average Bonchev–Trinajstić information content (AvgIpc) is 3.27. The molecule has 0 saturated carbocycles. The molecule has 0 amide bonds. The molecule has 47 heavy (non-hydrogen) atoms. The van der Waals surface area contributed by atoms with Crippen LogP contribution >= 0.6 is 7.14 Å². The van der Waals surface area contributed by atoms with E-state index in [1.807, 2.05) is 66.7 Å². The highest BCUT2D eigenvalue weighted by Gasteiger charge is 2.35. The van der Waals surface area contributed by atoms with Crippen molar-refractivity contribution < 1.29 is 4.57 Å². The second-order valence-corrected chi connectivity index (χ2v) is 14.8. The molecule has 9 rings (SSSR count). The standard InChI is InChI=1S/C43H29N2OP/c46-47(35-27-24-32(25-28-35)30-13-5-2-6-14-30,34-18-7-15-31(23-26-34)29-11-3-1-4-12-29)39-22-10-21-38-43(39)45-42-37-20-9-17-33-16-8-19-36(40(33)37)41(42)44-38/h1-17,19-28H,18H2. The second-order valence-electron chi connectivity index (χ2n) is 12.0. The minimum Gasteiger partial charge on any atom is -0.309 e. The summed E-state index contributed by atoms with van der Waals surface area (Å²) in [6, 6.07) is 47.5. The first-order chi connectivity index (χ1) is 23.2. The number of aromatic nitrogens is 2. The topological polar surface area (TPSA) is 42.9 Å². The highest BCUT2D eigenvalue weighted by atomic mass is 31.2. The highest BCUT2D eigenvalue weighted by molar-refractivity contribution is 7.82. The van der Waals surface area contributed by atoms with Gasteiger partial charge in [-0.25, -0.2) is 9.97 Å². The smallest absolute Gasteiger partial charge is 0.169 e. The van der Waals surface area contributed by atoms with Gasteiger partial charge in [-0.05, 0) is 46.2 Å². The third kappa shape index (κ3) is 4.47. The molecule has 222 valence electrons. The summed E-state index contributed by atoms with van der Waals surface area (Å²) in [5, 5.41) is 4.72. The second kappa shape index (κ2) is 11.0. The Morgan fingerprint density at radius 2 is 1.19 bits per heavy atom. The van der Waals surface area contributed by atoms with Crippen molar-refractivity contribution in [1.29, 1.82) is 0 Å². The highest BCUT2D eigenvalue weighted by Crippen LogP contribution is 2.56. The molecule has 1 heterocycles. The van der Waals surface area contributed by atoms with Gasteiger partial charge in [0.2, 0.25) is 0 Å². The van der Waals surface area contributed by atoms with Crippen molar-refractivity contribution >= 4 is 45.1 Å². The summed E-state index contributed by atoms with van der Waals surface area (Å²) >= 11 is 0. The summed E-state index contributed by atoms with van der Waals surface area (Å²) in [6.07, 6.45) is 9.00. The summed E-state index contributed by atoms with van der Waals surface area (Å²) in [7, 11) is -3.40. The Labute approximate surface area is 273 Å². The molecule has 0 fully saturated rings. The minimum absolute atomic E-state index is 0.560. The van der Waals surface area contributed by atoms with E-state index in [2.05, 4.69) is 97.1 Å². The number of benzene rings is 6. The van der Waals surface area contributed by atoms with Crippen LogP contribution in [0.5, 0.6) is 0 Å². The van der Waals surface area contributed by atoms with E-state index >= 15 is 4.57 Å². The van der Waals surface area contributed by atoms with E-state index in [0.717, 1.165) is 66.2 Å². The van der Waals surface area contributed by atoms with Crippen LogP contribution in [0, 0.1) is 0 Å². The number of hydrogen-bond donors (Lipinski definition) is 0. The van der Waals surface area contributed by atoms with Crippen LogP contribution in [0.15, 0.2) is 169 Å². The molecular weight excluding hydrogens is 591 g/mol. The van der Waals surface area contributed by atoms with Crippen molar-refractivity contribution in [1.82, 2.24) is 9.97 Å². The number of allylic oxidation sites excluding steroid dienone is 6. The summed E-state index contributed by atoms with van der Waals surface area (Å²) < 4.78 is 16.1. The largest absolute Gasteiger partial charge is 0.309 e. The van der Waals surface area contributed by atoms with Gasteiger partial charge in [0.05, 0.1) is 16.9 Å². The molecule has 7 aromatic rings. The Balaban J connectivity index is 1.27. The Hall–Kier alpha value is -5.63. The maximum absolute atomic E-state index is 16.1. The maximum atomic E-state index is 16.1. The Kier molecular flexibility index (Phi) is 6.48. The lowest BCUT2D eigenvalue weighted by Gasteiger charge is -2.23. The first kappa shape index (κ1) is 27.7. The van der Waals surface area contributed by atoms with Gasteiger partial charge in [-0.3, -0.25) is 0 Å². The lowest BCUT2D eigenvalue weighted by atomic mass is 10.0. The predicted octanol–water partition coefficient (Wildman–Crippen LogP) is 10.3. The van der Waals surface area contributed by atoms with Crippen LogP contribution in [-0.2, 0) is 4.57 Å². The number of nitrogens with zero attached hydrogens (tertiary/aromatic N) is 2. The van der Waals surface area contributed by atoms with E-state index < -0.39 is 7.14 Å². The first-order valence-electron chi connectivity index (χ1n) is 15.9. The van der Waals surface area contributed by atoms with Gasteiger partial charge in [0.25, 0.3) is 0 Å². The monoisotopic (exact) mass is 620 g/mol. The van der Waals surface area contributed by atoms with Gasteiger partial charge in [-0.2, -0.15) is 0 Å². The third-order valence-electron chi connectivity index (χ3n) is 9.36. The van der Waals surface area contributed by atoms with Gasteiger partial charge in [-0.15, -0.1) is 0 Å². The summed E-state index contributed by atoms with van der Waals surface area (Å²) in [4.78, 5) is 10.5. The van der Waals surface area contributed by atoms with Crippen LogP contribution < -0.4 is 10.6 Å². The van der Waals surface area contributed by atoms with Crippen molar-refractivity contribution in [2.45, 2.75) is 6.42 Å². The van der Waals surface area contributed by atoms with Crippen LogP contribution in [0.25, 0.3) is 61.0 Å². The van der Waals surface area contributed by atoms with Gasteiger partial charge in [-0.1, -0.05) is 152 Å². The molecule has 3 nitrogen and oxygen atoms in total. The molecule has 6 aromatic carbocycles. The maximum Gasteiger partial charge on any atom is 0.169 e. The zero-order chi connectivity index (χ0) is 31.4. The van der Waals surface area contributed by atoms with Crippen molar-refractivity contribution in [3.63, 3.8) is 0 Å². The van der Waals surface area contributed by atoms with E-state index in [0.29, 0.717) is 11.9 Å². The summed E-state index contributed by atoms with van der Waals surface area (Å²) in [6.45, 7) is 0. The molecule has 0 saturated heterocycles. The van der Waals surface area contributed by atoms with Gasteiger partial charge in [0.15, 0.2) is 7.14 Å². The van der Waals surface area contributed by atoms with E-state index in [9.17, 15) is 0 Å². The van der Waals surface area contributed by atoms with Crippen LogP contribution in [0.4, 0.5) is 0 Å². The molecule has 1 unspecified atom stereocenters. The van der Waals surface area contributed by atoms with Crippen molar-refractivity contribution in [3.8, 4) is 33.6 Å². The van der Waals surface area contributed by atoms with Gasteiger partial charge in [0.1, 0.15) is 5.52 Å². The number of fused-ring (bicyclic) bond motifs is 4. The van der Waals surface area contributed by atoms with Crippen molar-refractivity contribution in [3.05, 3.63) is 175 Å². The SMILES string of the molecule is O=P(C1=CC=C(c2ccccc2)C=CC1)(c1ccc(-c2ccccc2)cc1)c1cccc2nc3c(nc12)-c1cccc2cccc-3c12. The fourth-order valence-corrected chi connectivity index (χ4v) is 9.95. The zero-order valence-electron chi connectivity index (χ0n) is 25.5. The predicted molar refractivity (Wildman–Crippen MR) is 196 cm³/mol. The van der Waals surface area contributed by atoms with Gasteiger partial charge >= 0.3 is 0 Å². The molecule has 1 atom stereocenters. The van der Waals surface area contributed by atoms with Crippen molar-refractivity contribution in [2.24, 2.45) is 0 Å². The van der Waals surface area contributed by atoms with Crippen LogP contribution in [0.3, 0.4) is 0 Å². The lowest BCUT2D eigenvalue weighted by molar-refractivity contribution is 0.590. The zero-order valence-corrected chi connectivity index (χ0v) is 26.4. The normalized spacial score (nSPS) is 14.7. The molecule has 0 N–H and O–H groups in total. The molecule has 0 radical (unpaired) electrons. The molecule has 2 aliphatic carbocycles. The molecule has 0 aliphatic heterocycles. The third-order valence-corrected chi connectivity index (χ3v) is 12.6. The van der Waals surface area contributed by atoms with Gasteiger partial charge in [0, 0.05) is 32.4 Å². The van der Waals surface area contributed by atoms with E-state index in [4.69, 9.17) is 9.97 Å². The molecule has 0 spiro atoms. The number of para-hydroxylation sites is 1. The quantitative estimate of drug-likeness (QED) is 0.180. The minimum atomic E-state index is -3.40. The van der Waals surface area contributed by atoms with Gasteiger partial charge < -0.3 is 4.57 Å².